The zero-order chi connectivity index (χ0) is 34.9. The molecule has 262 valence electrons. The van der Waals surface area contributed by atoms with Crippen molar-refractivity contribution in [2.24, 2.45) is 33.7 Å². The van der Waals surface area contributed by atoms with Crippen molar-refractivity contribution in [2.45, 2.75) is 122 Å². The normalized spacial score (nSPS) is 31.6. The van der Waals surface area contributed by atoms with Crippen LogP contribution in [0.25, 0.3) is 0 Å². The molecule has 0 aliphatic heterocycles. The van der Waals surface area contributed by atoms with E-state index in [-0.39, 0.29) is 22.6 Å². The average Bonchev–Trinajstić information content (AvgIpc) is 3.42. The van der Waals surface area contributed by atoms with Crippen LogP contribution < -0.4 is 5.43 Å². The minimum atomic E-state index is -1.88. The molecule has 0 aromatic heterocycles. The fourth-order valence-corrected chi connectivity index (χ4v) is 10.4. The second kappa shape index (κ2) is 14.0. The van der Waals surface area contributed by atoms with Crippen LogP contribution in [-0.4, -0.2) is 34.1 Å². The van der Waals surface area contributed by atoms with Gasteiger partial charge in [-0.2, -0.15) is 5.10 Å². The minimum Gasteiger partial charge on any atom is -0.450 e. The molecule has 7 nitrogen and oxygen atoms in total. The highest BCUT2D eigenvalue weighted by molar-refractivity contribution is 5.98. The Morgan fingerprint density at radius 2 is 1.53 bits per heavy atom. The van der Waals surface area contributed by atoms with Crippen molar-refractivity contribution in [3.8, 4) is 0 Å². The molecule has 0 heterocycles. The highest BCUT2D eigenvalue weighted by Crippen LogP contribution is 2.68. The predicted octanol–water partition coefficient (Wildman–Crippen LogP) is 8.20. The Kier molecular flexibility index (Phi) is 10.1. The third kappa shape index (κ3) is 6.11. The van der Waals surface area contributed by atoms with E-state index in [0.717, 1.165) is 76.3 Å². The lowest BCUT2D eigenvalue weighted by molar-refractivity contribution is -0.189. The number of nitrogens with zero attached hydrogens (tertiary/aromatic N) is 1. The number of ketones is 1. The number of rotatable bonds is 11. The molecule has 0 bridgehead atoms. The predicted molar refractivity (Wildman–Crippen MR) is 191 cm³/mol. The number of allylic oxidation sites excluding steroid dienone is 2. The van der Waals surface area contributed by atoms with Gasteiger partial charge in [0.05, 0.1) is 5.71 Å². The quantitative estimate of drug-likeness (QED) is 0.143. The summed E-state index contributed by atoms with van der Waals surface area (Å²) in [5.41, 5.74) is 2.66. The Bertz CT molecular complexity index is 1560. The molecule has 6 rings (SSSR count). The van der Waals surface area contributed by atoms with Crippen LogP contribution in [0.3, 0.4) is 0 Å². The van der Waals surface area contributed by atoms with Crippen molar-refractivity contribution in [3.63, 3.8) is 0 Å². The first-order valence-corrected chi connectivity index (χ1v) is 18.6. The molecule has 6 atom stereocenters. The first-order valence-electron chi connectivity index (χ1n) is 18.6. The Morgan fingerprint density at radius 3 is 2.16 bits per heavy atom. The number of amides is 1. The van der Waals surface area contributed by atoms with E-state index in [0.29, 0.717) is 41.7 Å². The first-order chi connectivity index (χ1) is 23.5. The largest absolute Gasteiger partial charge is 0.450 e. The molecular formula is C42H54N2O5. The minimum absolute atomic E-state index is 0.00691. The van der Waals surface area contributed by atoms with Crippen molar-refractivity contribution in [3.05, 3.63) is 83.4 Å². The third-order valence-corrected chi connectivity index (χ3v) is 13.2. The van der Waals surface area contributed by atoms with Crippen LogP contribution in [0.2, 0.25) is 0 Å². The summed E-state index contributed by atoms with van der Waals surface area (Å²) in [7, 11) is 0. The maximum absolute atomic E-state index is 13.7. The summed E-state index contributed by atoms with van der Waals surface area (Å²) in [6.45, 7) is 8.43. The number of carbonyl (C=O) groups is 3. The summed E-state index contributed by atoms with van der Waals surface area (Å²) in [4.78, 5) is 40.2. The van der Waals surface area contributed by atoms with E-state index in [2.05, 4.69) is 37.4 Å². The highest BCUT2D eigenvalue weighted by Gasteiger charge is 2.67. The molecule has 3 fully saturated rings. The molecule has 3 saturated carbocycles. The number of aliphatic hydroxyl groups is 1. The van der Waals surface area contributed by atoms with Gasteiger partial charge in [-0.1, -0.05) is 106 Å². The van der Waals surface area contributed by atoms with E-state index in [9.17, 15) is 19.5 Å². The number of carbonyl (C=O) groups excluding carboxylic acids is 3. The van der Waals surface area contributed by atoms with Gasteiger partial charge in [0.2, 0.25) is 0 Å². The van der Waals surface area contributed by atoms with Crippen molar-refractivity contribution in [1.29, 1.82) is 0 Å². The molecule has 0 radical (unpaired) electrons. The van der Waals surface area contributed by atoms with E-state index < -0.39 is 17.1 Å². The standard InChI is InChI=1S/C42H54N2O5/c1-5-6-7-14-19-37(46)49-41(29(2)45)27-24-36-34-21-20-32-28-33(22-25-39(32,3)35(34)23-26-40(36,41)4)43-44-38(47)42(48,30-15-10-8-11-16-30)31-17-12-9-13-18-31/h8-13,15-18,28,34-36,48H,5-7,14,19-27H2,1-4H3,(H,44,47)/t34-,35+,36+,39+,40+,41+/m1/s1. The smallest absolute Gasteiger partial charge is 0.306 e. The molecular weight excluding hydrogens is 612 g/mol. The molecule has 49 heavy (non-hydrogen) atoms. The van der Waals surface area contributed by atoms with Gasteiger partial charge < -0.3 is 9.84 Å². The van der Waals surface area contributed by atoms with Crippen LogP contribution in [-0.2, 0) is 24.7 Å². The topological polar surface area (TPSA) is 105 Å². The van der Waals surface area contributed by atoms with Crippen LogP contribution in [0, 0.1) is 28.6 Å². The number of ether oxygens (including phenoxy) is 1. The molecule has 2 aromatic carbocycles. The molecule has 2 N–H and O–H groups in total. The van der Waals surface area contributed by atoms with Crippen LogP contribution >= 0.6 is 0 Å². The summed E-state index contributed by atoms with van der Waals surface area (Å²) in [5.74, 6) is 0.493. The van der Waals surface area contributed by atoms with Crippen LogP contribution in [0.15, 0.2) is 77.4 Å². The summed E-state index contributed by atoms with van der Waals surface area (Å²) in [6, 6.07) is 18.0. The number of unbranched alkanes of at least 4 members (excludes halogenated alkanes) is 3. The Hall–Kier alpha value is -3.58. The number of hydrogen-bond donors (Lipinski definition) is 2. The Labute approximate surface area is 292 Å². The van der Waals surface area contributed by atoms with Crippen molar-refractivity contribution < 1.29 is 24.2 Å². The fraction of sp³-hybridized carbons (Fsp3) is 0.571. The molecule has 2 aromatic rings. The lowest BCUT2D eigenvalue weighted by atomic mass is 9.46. The lowest BCUT2D eigenvalue weighted by Gasteiger charge is -2.59. The van der Waals surface area contributed by atoms with E-state index in [1.807, 2.05) is 36.4 Å². The zero-order valence-corrected chi connectivity index (χ0v) is 29.8. The number of hydrogen-bond acceptors (Lipinski definition) is 6. The molecule has 1 amide bonds. The molecule has 0 spiro atoms. The Morgan fingerprint density at radius 1 is 0.878 bits per heavy atom. The van der Waals surface area contributed by atoms with Crippen molar-refractivity contribution in [1.82, 2.24) is 5.43 Å². The third-order valence-electron chi connectivity index (χ3n) is 13.2. The SMILES string of the molecule is CCCCCCC(=O)O[C@]1(C(C)=O)CC[C@H]2[C@@H]3CCC4=CC(=NNC(=O)C(O)(c5ccccc5)c5ccccc5)CC[C@]4(C)[C@H]3CC[C@@]21C. The van der Waals surface area contributed by atoms with E-state index in [1.165, 1.54) is 5.57 Å². The monoisotopic (exact) mass is 666 g/mol. The van der Waals surface area contributed by atoms with Gasteiger partial charge in [0.15, 0.2) is 17.0 Å². The number of nitrogens with one attached hydrogen (secondary N) is 1. The highest BCUT2D eigenvalue weighted by atomic mass is 16.6. The number of hydrazone groups is 1. The molecule has 4 aliphatic rings. The van der Waals surface area contributed by atoms with Gasteiger partial charge in [0, 0.05) is 11.8 Å². The Balaban J connectivity index is 1.18. The van der Waals surface area contributed by atoms with Gasteiger partial charge in [-0.15, -0.1) is 0 Å². The number of Topliss-reactive ketones (excluding diaryl/α,β-unsaturated/α-hetero) is 1. The molecule has 4 aliphatic carbocycles. The van der Waals surface area contributed by atoms with E-state index >= 15 is 0 Å². The number of fused-ring (bicyclic) bond motifs is 5. The lowest BCUT2D eigenvalue weighted by Crippen LogP contribution is -2.58. The molecule has 7 heteroatoms. The fourth-order valence-electron chi connectivity index (χ4n) is 10.4. The van der Waals surface area contributed by atoms with Crippen LogP contribution in [0.5, 0.6) is 0 Å². The van der Waals surface area contributed by atoms with Gasteiger partial charge in [-0.3, -0.25) is 14.4 Å². The van der Waals surface area contributed by atoms with Crippen LogP contribution in [0.1, 0.15) is 122 Å². The number of benzene rings is 2. The van der Waals surface area contributed by atoms with Gasteiger partial charge >= 0.3 is 5.97 Å². The second-order valence-corrected chi connectivity index (χ2v) is 15.7. The summed E-state index contributed by atoms with van der Waals surface area (Å²) < 4.78 is 6.30. The van der Waals surface area contributed by atoms with E-state index in [4.69, 9.17) is 4.74 Å². The maximum atomic E-state index is 13.7. The first kappa shape index (κ1) is 35.3. The summed E-state index contributed by atoms with van der Waals surface area (Å²) in [5, 5.41) is 16.4. The zero-order valence-electron chi connectivity index (χ0n) is 29.8. The van der Waals surface area contributed by atoms with Gasteiger partial charge in [-0.05, 0) is 105 Å². The average molecular weight is 667 g/mol. The second-order valence-electron chi connectivity index (χ2n) is 15.7. The summed E-state index contributed by atoms with van der Waals surface area (Å²) >= 11 is 0. The van der Waals surface area contributed by atoms with Gasteiger partial charge in [-0.25, -0.2) is 5.43 Å². The van der Waals surface area contributed by atoms with Gasteiger partial charge in [0.25, 0.3) is 5.91 Å². The van der Waals surface area contributed by atoms with E-state index in [1.54, 1.807) is 31.2 Å². The molecule has 0 unspecified atom stereocenters. The molecule has 0 saturated heterocycles. The van der Waals surface area contributed by atoms with Gasteiger partial charge in [0.1, 0.15) is 0 Å². The maximum Gasteiger partial charge on any atom is 0.306 e. The van der Waals surface area contributed by atoms with Crippen molar-refractivity contribution >= 4 is 23.4 Å². The van der Waals surface area contributed by atoms with Crippen molar-refractivity contribution in [2.75, 3.05) is 0 Å². The van der Waals surface area contributed by atoms with Crippen LogP contribution in [0.4, 0.5) is 0 Å². The number of esters is 1. The summed E-state index contributed by atoms with van der Waals surface area (Å²) in [6.07, 6.45) is 13.7.